The lowest BCUT2D eigenvalue weighted by atomic mass is 10.3. The highest BCUT2D eigenvalue weighted by Crippen LogP contribution is 2.12. The molecule has 2 aromatic rings. The van der Waals surface area contributed by atoms with Crippen LogP contribution in [0.5, 0.6) is 0 Å². The van der Waals surface area contributed by atoms with E-state index in [1.807, 2.05) is 17.5 Å². The van der Waals surface area contributed by atoms with Crippen LogP contribution in [0.15, 0.2) is 29.8 Å². The van der Waals surface area contributed by atoms with Crippen molar-refractivity contribution in [3.8, 4) is 0 Å². The molecular weight excluding hydrogens is 210 g/mol. The number of hydrogen-bond acceptors (Lipinski definition) is 4. The molecule has 15 heavy (non-hydrogen) atoms. The molecule has 4 nitrogen and oxygen atoms in total. The van der Waals surface area contributed by atoms with Crippen molar-refractivity contribution in [3.63, 3.8) is 0 Å². The number of aromatic nitrogens is 2. The summed E-state index contributed by atoms with van der Waals surface area (Å²) < 4.78 is 0. The van der Waals surface area contributed by atoms with E-state index in [1.54, 1.807) is 17.5 Å². The van der Waals surface area contributed by atoms with E-state index < -0.39 is 5.91 Å². The Morgan fingerprint density at radius 2 is 2.33 bits per heavy atom. The number of rotatable bonds is 3. The molecule has 2 heterocycles. The Morgan fingerprint density at radius 1 is 1.47 bits per heavy atom. The number of carbonyl (C=O) groups is 1. The zero-order valence-corrected chi connectivity index (χ0v) is 8.70. The molecule has 0 aromatic carbocycles. The van der Waals surface area contributed by atoms with E-state index >= 15 is 0 Å². The minimum atomic E-state index is -0.523. The molecule has 76 valence electrons. The Balaban J connectivity index is 2.22. The fraction of sp³-hybridized carbons (Fsp3) is 0.100. The third-order valence-electron chi connectivity index (χ3n) is 1.87. The zero-order valence-electron chi connectivity index (χ0n) is 7.88. The van der Waals surface area contributed by atoms with Crippen LogP contribution in [-0.4, -0.2) is 15.9 Å². The quantitative estimate of drug-likeness (QED) is 0.844. The number of primary amides is 1. The van der Waals surface area contributed by atoms with Gasteiger partial charge in [-0.2, -0.15) is 0 Å². The maximum Gasteiger partial charge on any atom is 0.267 e. The van der Waals surface area contributed by atoms with Crippen molar-refractivity contribution in [2.24, 2.45) is 5.73 Å². The van der Waals surface area contributed by atoms with Gasteiger partial charge in [-0.05, 0) is 17.5 Å². The van der Waals surface area contributed by atoms with E-state index in [0.29, 0.717) is 12.2 Å². The lowest BCUT2D eigenvalue weighted by Gasteiger charge is -1.98. The molecule has 1 amide bonds. The fourth-order valence-corrected chi connectivity index (χ4v) is 1.89. The molecule has 0 aliphatic rings. The maximum absolute atomic E-state index is 10.9. The van der Waals surface area contributed by atoms with Gasteiger partial charge in [0.05, 0.1) is 0 Å². The second kappa shape index (κ2) is 4.18. The van der Waals surface area contributed by atoms with Gasteiger partial charge in [-0.15, -0.1) is 11.3 Å². The molecular formula is C10H9N3OS. The molecule has 2 N–H and O–H groups in total. The summed E-state index contributed by atoms with van der Waals surface area (Å²) in [4.78, 5) is 20.2. The first-order chi connectivity index (χ1) is 7.25. The van der Waals surface area contributed by atoms with Crippen molar-refractivity contribution in [1.82, 2.24) is 9.97 Å². The van der Waals surface area contributed by atoms with Gasteiger partial charge in [-0.1, -0.05) is 6.07 Å². The van der Waals surface area contributed by atoms with Crippen molar-refractivity contribution in [1.29, 1.82) is 0 Å². The van der Waals surface area contributed by atoms with E-state index in [0.717, 1.165) is 4.88 Å². The number of nitrogens with two attached hydrogens (primary N) is 1. The Bertz CT molecular complexity index is 467. The fourth-order valence-electron chi connectivity index (χ4n) is 1.19. The first kappa shape index (κ1) is 9.79. The number of thiophene rings is 1. The van der Waals surface area contributed by atoms with E-state index in [9.17, 15) is 4.79 Å². The summed E-state index contributed by atoms with van der Waals surface area (Å²) in [6.07, 6.45) is 2.19. The lowest BCUT2D eigenvalue weighted by molar-refractivity contribution is 0.0995. The van der Waals surface area contributed by atoms with Gasteiger partial charge in [0.15, 0.2) is 0 Å². The summed E-state index contributed by atoms with van der Waals surface area (Å²) in [7, 11) is 0. The molecule has 0 saturated heterocycles. The molecule has 2 rings (SSSR count). The smallest absolute Gasteiger partial charge is 0.267 e. The van der Waals surface area contributed by atoms with Gasteiger partial charge >= 0.3 is 0 Å². The Kier molecular flexibility index (Phi) is 2.73. The highest BCUT2D eigenvalue weighted by Gasteiger charge is 2.05. The molecule has 0 spiro atoms. The highest BCUT2D eigenvalue weighted by molar-refractivity contribution is 7.09. The molecule has 0 unspecified atom stereocenters. The van der Waals surface area contributed by atoms with Gasteiger partial charge in [0.1, 0.15) is 11.5 Å². The highest BCUT2D eigenvalue weighted by atomic mass is 32.1. The van der Waals surface area contributed by atoms with Crippen LogP contribution in [-0.2, 0) is 6.42 Å². The van der Waals surface area contributed by atoms with E-state index in [1.165, 1.54) is 6.07 Å². The van der Waals surface area contributed by atoms with Crippen LogP contribution in [0.1, 0.15) is 21.2 Å². The van der Waals surface area contributed by atoms with Crippen molar-refractivity contribution in [2.45, 2.75) is 6.42 Å². The Morgan fingerprint density at radius 3 is 3.00 bits per heavy atom. The first-order valence-electron chi connectivity index (χ1n) is 4.40. The maximum atomic E-state index is 10.9. The van der Waals surface area contributed by atoms with Crippen LogP contribution in [0.2, 0.25) is 0 Å². The molecule has 0 bridgehead atoms. The predicted octanol–water partition coefficient (Wildman–Crippen LogP) is 1.23. The van der Waals surface area contributed by atoms with Crippen molar-refractivity contribution >= 4 is 17.2 Å². The SMILES string of the molecule is NC(=O)c1ccnc(Cc2cccs2)n1. The summed E-state index contributed by atoms with van der Waals surface area (Å²) in [5, 5.41) is 1.99. The van der Waals surface area contributed by atoms with E-state index in [2.05, 4.69) is 9.97 Å². The third-order valence-corrected chi connectivity index (χ3v) is 2.75. The third kappa shape index (κ3) is 2.38. The summed E-state index contributed by atoms with van der Waals surface area (Å²) in [5.41, 5.74) is 5.39. The van der Waals surface area contributed by atoms with E-state index in [-0.39, 0.29) is 5.69 Å². The van der Waals surface area contributed by atoms with Crippen LogP contribution < -0.4 is 5.73 Å². The van der Waals surface area contributed by atoms with Crippen LogP contribution in [0.3, 0.4) is 0 Å². The summed E-state index contributed by atoms with van der Waals surface area (Å²) in [5.74, 6) is 0.0959. The van der Waals surface area contributed by atoms with Crippen molar-refractivity contribution in [2.75, 3.05) is 0 Å². The topological polar surface area (TPSA) is 68.9 Å². The largest absolute Gasteiger partial charge is 0.364 e. The van der Waals surface area contributed by atoms with Gasteiger partial charge in [-0.25, -0.2) is 9.97 Å². The van der Waals surface area contributed by atoms with Crippen molar-refractivity contribution < 1.29 is 4.79 Å². The average molecular weight is 219 g/mol. The zero-order chi connectivity index (χ0) is 10.7. The number of nitrogens with zero attached hydrogens (tertiary/aromatic N) is 2. The molecule has 0 aliphatic heterocycles. The average Bonchev–Trinajstić information content (AvgIpc) is 2.71. The summed E-state index contributed by atoms with van der Waals surface area (Å²) in [6.45, 7) is 0. The van der Waals surface area contributed by atoms with Gasteiger partial charge in [0.25, 0.3) is 5.91 Å². The normalized spacial score (nSPS) is 10.1. The summed E-state index contributed by atoms with van der Waals surface area (Å²) >= 11 is 1.64. The minimum absolute atomic E-state index is 0.261. The standard InChI is InChI=1S/C10H9N3OS/c11-10(14)8-3-4-12-9(13-8)6-7-2-1-5-15-7/h1-5H,6H2,(H2,11,14). The lowest BCUT2D eigenvalue weighted by Crippen LogP contribution is -2.14. The summed E-state index contributed by atoms with van der Waals surface area (Å²) in [6, 6.07) is 5.49. The molecule has 0 saturated carbocycles. The van der Waals surface area contributed by atoms with Gasteiger partial charge in [0.2, 0.25) is 0 Å². The van der Waals surface area contributed by atoms with Gasteiger partial charge in [0, 0.05) is 17.5 Å². The Hall–Kier alpha value is -1.75. The van der Waals surface area contributed by atoms with Crippen LogP contribution >= 0.6 is 11.3 Å². The second-order valence-electron chi connectivity index (χ2n) is 2.98. The van der Waals surface area contributed by atoms with E-state index in [4.69, 9.17) is 5.73 Å². The molecule has 0 radical (unpaired) electrons. The van der Waals surface area contributed by atoms with Gasteiger partial charge < -0.3 is 5.73 Å². The molecule has 5 heteroatoms. The number of carbonyl (C=O) groups excluding carboxylic acids is 1. The molecule has 0 fully saturated rings. The van der Waals surface area contributed by atoms with Crippen molar-refractivity contribution in [3.05, 3.63) is 46.2 Å². The monoisotopic (exact) mass is 219 g/mol. The van der Waals surface area contributed by atoms with Crippen LogP contribution in [0.4, 0.5) is 0 Å². The molecule has 0 atom stereocenters. The first-order valence-corrected chi connectivity index (χ1v) is 5.28. The van der Waals surface area contributed by atoms with Crippen LogP contribution in [0, 0.1) is 0 Å². The molecule has 0 aliphatic carbocycles. The second-order valence-corrected chi connectivity index (χ2v) is 4.01. The van der Waals surface area contributed by atoms with Gasteiger partial charge in [-0.3, -0.25) is 4.79 Å². The Labute approximate surface area is 90.8 Å². The predicted molar refractivity (Wildman–Crippen MR) is 57.7 cm³/mol. The molecule has 2 aromatic heterocycles. The number of hydrogen-bond donors (Lipinski definition) is 1. The number of amides is 1. The van der Waals surface area contributed by atoms with Crippen LogP contribution in [0.25, 0.3) is 0 Å². The minimum Gasteiger partial charge on any atom is -0.364 e.